The molecule has 4 nitrogen and oxygen atoms in total. The second kappa shape index (κ2) is 7.48. The van der Waals surface area contributed by atoms with Crippen molar-refractivity contribution in [2.24, 2.45) is 11.0 Å². The highest BCUT2D eigenvalue weighted by Crippen LogP contribution is 2.10. The van der Waals surface area contributed by atoms with Crippen LogP contribution in [0.5, 0.6) is 0 Å². The molecule has 1 amide bonds. The Bertz CT molecular complexity index is 400. The third-order valence-electron chi connectivity index (χ3n) is 2.27. The van der Waals surface area contributed by atoms with Crippen molar-refractivity contribution in [3.63, 3.8) is 0 Å². The number of benzene rings is 1. The number of carbonyl (C=O) groups is 1. The van der Waals surface area contributed by atoms with Gasteiger partial charge in [0, 0.05) is 0 Å². The zero-order valence-corrected chi connectivity index (χ0v) is 11.1. The number of ether oxygens (including phenoxy) is 1. The maximum atomic E-state index is 11.2. The molecule has 0 aliphatic carbocycles. The second-order valence-corrected chi connectivity index (χ2v) is 4.35. The lowest BCUT2D eigenvalue weighted by molar-refractivity contribution is 0.152. The van der Waals surface area contributed by atoms with E-state index in [0.717, 1.165) is 17.7 Å². The zero-order chi connectivity index (χ0) is 13.4. The molecule has 0 spiro atoms. The van der Waals surface area contributed by atoms with Crippen LogP contribution >= 0.6 is 0 Å². The molecular weight excluding hydrogens is 228 g/mol. The smallest absolute Gasteiger partial charge is 0.427 e. The van der Waals surface area contributed by atoms with Gasteiger partial charge < -0.3 is 4.74 Å². The third-order valence-corrected chi connectivity index (χ3v) is 2.27. The van der Waals surface area contributed by atoms with Crippen LogP contribution in [0.4, 0.5) is 4.79 Å². The Labute approximate surface area is 108 Å². The Morgan fingerprint density at radius 1 is 1.33 bits per heavy atom. The van der Waals surface area contributed by atoms with Gasteiger partial charge in [-0.05, 0) is 24.8 Å². The van der Waals surface area contributed by atoms with Gasteiger partial charge in [-0.15, -0.1) is 0 Å². The minimum absolute atomic E-state index is 0.339. The summed E-state index contributed by atoms with van der Waals surface area (Å²) in [4.78, 5) is 11.2. The third kappa shape index (κ3) is 4.99. The van der Waals surface area contributed by atoms with Gasteiger partial charge in [0.1, 0.15) is 0 Å². The maximum absolute atomic E-state index is 11.2. The van der Waals surface area contributed by atoms with Gasteiger partial charge in [-0.2, -0.15) is 5.10 Å². The number of amides is 1. The Balaban J connectivity index is 2.78. The standard InChI is InChI=1S/C14H20N2O2/c1-4-18-14(17)16-15-13(10-11(2)3)12-8-6-5-7-9-12/h5-9,11H,4,10H2,1-3H3,(H,16,17)/b15-13+. The van der Waals surface area contributed by atoms with E-state index in [1.165, 1.54) is 0 Å². The molecule has 0 aliphatic rings. The van der Waals surface area contributed by atoms with E-state index in [9.17, 15) is 4.79 Å². The van der Waals surface area contributed by atoms with Crippen LogP contribution in [0.25, 0.3) is 0 Å². The average molecular weight is 248 g/mol. The topological polar surface area (TPSA) is 50.7 Å². The number of rotatable bonds is 5. The van der Waals surface area contributed by atoms with Crippen LogP contribution in [-0.2, 0) is 4.74 Å². The molecular formula is C14H20N2O2. The van der Waals surface area contributed by atoms with Crippen molar-refractivity contribution in [2.75, 3.05) is 6.61 Å². The van der Waals surface area contributed by atoms with E-state index in [-0.39, 0.29) is 0 Å². The molecule has 98 valence electrons. The highest BCUT2D eigenvalue weighted by atomic mass is 16.5. The van der Waals surface area contributed by atoms with Gasteiger partial charge >= 0.3 is 6.09 Å². The molecule has 1 rings (SSSR count). The second-order valence-electron chi connectivity index (χ2n) is 4.35. The molecule has 0 aromatic heterocycles. The maximum Gasteiger partial charge on any atom is 0.427 e. The Morgan fingerprint density at radius 3 is 2.56 bits per heavy atom. The molecule has 0 unspecified atom stereocenters. The van der Waals surface area contributed by atoms with E-state index < -0.39 is 6.09 Å². The predicted molar refractivity (Wildman–Crippen MR) is 72.6 cm³/mol. The largest absolute Gasteiger partial charge is 0.449 e. The summed E-state index contributed by atoms with van der Waals surface area (Å²) in [7, 11) is 0. The van der Waals surface area contributed by atoms with Gasteiger partial charge in [0.2, 0.25) is 0 Å². The van der Waals surface area contributed by atoms with E-state index in [2.05, 4.69) is 24.4 Å². The average Bonchev–Trinajstić information content (AvgIpc) is 2.35. The van der Waals surface area contributed by atoms with E-state index in [1.54, 1.807) is 6.92 Å². The van der Waals surface area contributed by atoms with Crippen LogP contribution < -0.4 is 5.43 Å². The van der Waals surface area contributed by atoms with Gasteiger partial charge in [0.25, 0.3) is 0 Å². The Kier molecular flexibility index (Phi) is 5.91. The molecule has 0 saturated carbocycles. The van der Waals surface area contributed by atoms with Crippen LogP contribution in [0.1, 0.15) is 32.8 Å². The van der Waals surface area contributed by atoms with Crippen molar-refractivity contribution in [3.8, 4) is 0 Å². The molecule has 1 N–H and O–H groups in total. The summed E-state index contributed by atoms with van der Waals surface area (Å²) in [5.74, 6) is 0.466. The van der Waals surface area contributed by atoms with Gasteiger partial charge in [0.15, 0.2) is 0 Å². The van der Waals surface area contributed by atoms with Crippen LogP contribution in [0.3, 0.4) is 0 Å². The normalized spacial score (nSPS) is 11.4. The van der Waals surface area contributed by atoms with Gasteiger partial charge in [-0.25, -0.2) is 10.2 Å². The molecule has 1 aromatic carbocycles. The minimum Gasteiger partial charge on any atom is -0.449 e. The lowest BCUT2D eigenvalue weighted by Gasteiger charge is -2.09. The van der Waals surface area contributed by atoms with E-state index in [1.807, 2.05) is 30.3 Å². The van der Waals surface area contributed by atoms with Crippen molar-refractivity contribution < 1.29 is 9.53 Å². The summed E-state index contributed by atoms with van der Waals surface area (Å²) in [5, 5.41) is 4.14. The number of hydrogen-bond donors (Lipinski definition) is 1. The van der Waals surface area contributed by atoms with Crippen molar-refractivity contribution in [3.05, 3.63) is 35.9 Å². The first-order valence-electron chi connectivity index (χ1n) is 6.18. The molecule has 0 bridgehead atoms. The molecule has 4 heteroatoms. The minimum atomic E-state index is -0.519. The predicted octanol–water partition coefficient (Wildman–Crippen LogP) is 3.18. The highest BCUT2D eigenvalue weighted by molar-refractivity contribution is 6.00. The van der Waals surface area contributed by atoms with Crippen LogP contribution in [0.15, 0.2) is 35.4 Å². The lowest BCUT2D eigenvalue weighted by Crippen LogP contribution is -2.21. The van der Waals surface area contributed by atoms with Crippen LogP contribution in [0, 0.1) is 5.92 Å². The van der Waals surface area contributed by atoms with Crippen LogP contribution in [0.2, 0.25) is 0 Å². The fourth-order valence-electron chi connectivity index (χ4n) is 1.52. The summed E-state index contributed by atoms with van der Waals surface area (Å²) in [6, 6.07) is 9.82. The van der Waals surface area contributed by atoms with Gasteiger partial charge in [-0.1, -0.05) is 44.2 Å². The van der Waals surface area contributed by atoms with E-state index >= 15 is 0 Å². The van der Waals surface area contributed by atoms with E-state index in [4.69, 9.17) is 4.74 Å². The number of carbonyl (C=O) groups excluding carboxylic acids is 1. The molecule has 1 aromatic rings. The van der Waals surface area contributed by atoms with Crippen molar-refractivity contribution in [1.29, 1.82) is 0 Å². The molecule has 18 heavy (non-hydrogen) atoms. The van der Waals surface area contributed by atoms with Gasteiger partial charge in [0.05, 0.1) is 12.3 Å². The van der Waals surface area contributed by atoms with E-state index in [0.29, 0.717) is 12.5 Å². The monoisotopic (exact) mass is 248 g/mol. The van der Waals surface area contributed by atoms with Crippen molar-refractivity contribution >= 4 is 11.8 Å². The summed E-state index contributed by atoms with van der Waals surface area (Å²) >= 11 is 0. The fraction of sp³-hybridized carbons (Fsp3) is 0.429. The summed E-state index contributed by atoms with van der Waals surface area (Å²) < 4.78 is 4.78. The van der Waals surface area contributed by atoms with Gasteiger partial charge in [-0.3, -0.25) is 0 Å². The SMILES string of the molecule is CCOC(=O)N/N=C(\CC(C)C)c1ccccc1. The quantitative estimate of drug-likeness (QED) is 0.642. The first kappa shape index (κ1) is 14.2. The highest BCUT2D eigenvalue weighted by Gasteiger charge is 2.07. The summed E-state index contributed by atoms with van der Waals surface area (Å²) in [5.41, 5.74) is 4.29. The lowest BCUT2D eigenvalue weighted by atomic mass is 10.0. The molecule has 0 heterocycles. The van der Waals surface area contributed by atoms with Crippen molar-refractivity contribution in [2.45, 2.75) is 27.2 Å². The first-order chi connectivity index (χ1) is 8.63. The number of nitrogens with one attached hydrogen (secondary N) is 1. The van der Waals surface area contributed by atoms with Crippen LogP contribution in [-0.4, -0.2) is 18.4 Å². The summed E-state index contributed by atoms with van der Waals surface area (Å²) in [6.07, 6.45) is 0.283. The van der Waals surface area contributed by atoms with Crippen molar-refractivity contribution in [1.82, 2.24) is 5.43 Å². The fourth-order valence-corrected chi connectivity index (χ4v) is 1.52. The molecule has 0 atom stereocenters. The first-order valence-corrected chi connectivity index (χ1v) is 6.18. The number of nitrogens with zero attached hydrogens (tertiary/aromatic N) is 1. The zero-order valence-electron chi connectivity index (χ0n) is 11.1. The Morgan fingerprint density at radius 2 is 2.00 bits per heavy atom. The Hall–Kier alpha value is -1.84. The molecule has 0 radical (unpaired) electrons. The molecule has 0 fully saturated rings. The number of hydrogen-bond acceptors (Lipinski definition) is 3. The molecule has 0 aliphatic heterocycles. The molecule has 0 saturated heterocycles. The summed E-state index contributed by atoms with van der Waals surface area (Å²) in [6.45, 7) is 6.33. The number of hydrazone groups is 1.